The molecule has 0 aliphatic rings. The molecule has 0 saturated heterocycles. The van der Waals surface area contributed by atoms with Gasteiger partial charge in [0.05, 0.1) is 34.8 Å². The molecule has 0 aliphatic carbocycles. The molecule has 6 heteroatoms. The van der Waals surface area contributed by atoms with Crippen LogP contribution in [-0.4, -0.2) is 18.7 Å². The fourth-order valence-electron chi connectivity index (χ4n) is 5.69. The first-order valence-electron chi connectivity index (χ1n) is 13.5. The van der Waals surface area contributed by atoms with Crippen molar-refractivity contribution >= 4 is 32.8 Å². The number of fused-ring (bicyclic) bond motifs is 4. The van der Waals surface area contributed by atoms with Crippen LogP contribution in [0.15, 0.2) is 134 Å². The number of aromatic nitrogens is 5. The average molecular weight is 532 g/mol. The van der Waals surface area contributed by atoms with Crippen LogP contribution >= 0.6 is 0 Å². The third kappa shape index (κ3) is 3.80. The molecular formula is C35H25N5O. The van der Waals surface area contributed by atoms with Gasteiger partial charge in [-0.05, 0) is 42.5 Å². The quantitative estimate of drug-likeness (QED) is 0.172. The molecule has 8 aromatic rings. The Hall–Kier alpha value is -5.62. The molecule has 0 amide bonds. The zero-order valence-corrected chi connectivity index (χ0v) is 22.3. The second kappa shape index (κ2) is 9.24. The SMILES string of the molecule is C[n+]1[c-]n(-c2cccc(Oc3ccc4c5ccccc5n(-c5nccn5-c5ccccc5)c4c3)c2)c2ccccc21. The molecule has 0 bridgehead atoms. The van der Waals surface area contributed by atoms with E-state index in [2.05, 4.69) is 86.8 Å². The molecule has 3 aromatic heterocycles. The van der Waals surface area contributed by atoms with Crippen LogP contribution < -0.4 is 9.30 Å². The highest BCUT2D eigenvalue weighted by atomic mass is 16.5. The van der Waals surface area contributed by atoms with Crippen molar-refractivity contribution in [1.29, 1.82) is 0 Å². The predicted molar refractivity (Wildman–Crippen MR) is 161 cm³/mol. The van der Waals surface area contributed by atoms with Crippen LogP contribution in [0.2, 0.25) is 0 Å². The highest BCUT2D eigenvalue weighted by Gasteiger charge is 2.17. The maximum atomic E-state index is 6.48. The van der Waals surface area contributed by atoms with Crippen LogP contribution in [0.4, 0.5) is 0 Å². The van der Waals surface area contributed by atoms with E-state index < -0.39 is 0 Å². The number of hydrogen-bond donors (Lipinski definition) is 0. The van der Waals surface area contributed by atoms with E-state index in [1.165, 1.54) is 5.39 Å². The Morgan fingerprint density at radius 2 is 1.39 bits per heavy atom. The first kappa shape index (κ1) is 23.3. The Labute approximate surface area is 236 Å². The molecule has 6 nitrogen and oxygen atoms in total. The molecule has 41 heavy (non-hydrogen) atoms. The number of para-hydroxylation sites is 4. The van der Waals surface area contributed by atoms with E-state index in [0.717, 1.165) is 56.3 Å². The topological polar surface area (TPSA) is 40.8 Å². The molecule has 0 radical (unpaired) electrons. The highest BCUT2D eigenvalue weighted by Crippen LogP contribution is 2.35. The zero-order valence-electron chi connectivity index (χ0n) is 22.3. The van der Waals surface area contributed by atoms with Gasteiger partial charge in [0.2, 0.25) is 12.3 Å². The van der Waals surface area contributed by atoms with Crippen molar-refractivity contribution in [1.82, 2.24) is 18.7 Å². The molecular weight excluding hydrogens is 506 g/mol. The van der Waals surface area contributed by atoms with Crippen LogP contribution in [0, 0.1) is 6.33 Å². The summed E-state index contributed by atoms with van der Waals surface area (Å²) in [4.78, 5) is 4.80. The molecule has 0 fully saturated rings. The van der Waals surface area contributed by atoms with E-state index in [1.807, 2.05) is 78.6 Å². The van der Waals surface area contributed by atoms with Crippen molar-refractivity contribution in [2.45, 2.75) is 0 Å². The first-order chi connectivity index (χ1) is 20.2. The number of ether oxygens (including phenoxy) is 1. The van der Waals surface area contributed by atoms with Gasteiger partial charge in [-0.25, -0.2) is 4.98 Å². The second-order valence-corrected chi connectivity index (χ2v) is 10.0. The van der Waals surface area contributed by atoms with Crippen LogP contribution in [0.3, 0.4) is 0 Å². The summed E-state index contributed by atoms with van der Waals surface area (Å²) in [5.41, 5.74) is 6.36. The number of aryl methyl sites for hydroxylation is 1. The minimum absolute atomic E-state index is 0.753. The van der Waals surface area contributed by atoms with Gasteiger partial charge in [-0.15, -0.1) is 0 Å². The van der Waals surface area contributed by atoms with Gasteiger partial charge in [0.1, 0.15) is 11.5 Å². The lowest BCUT2D eigenvalue weighted by molar-refractivity contribution is -0.649. The maximum Gasteiger partial charge on any atom is 0.244 e. The van der Waals surface area contributed by atoms with Gasteiger partial charge in [-0.1, -0.05) is 72.8 Å². The molecule has 0 spiro atoms. The lowest BCUT2D eigenvalue weighted by atomic mass is 10.1. The molecule has 196 valence electrons. The first-order valence-corrected chi connectivity index (χ1v) is 13.5. The molecule has 0 N–H and O–H groups in total. The Bertz CT molecular complexity index is 2200. The standard InChI is InChI=1S/C35H25N5O/c1-37-24-39(33-17-8-7-16-32(33)37)26-12-9-13-27(22-26)41-28-18-19-30-29-14-5-6-15-31(29)40(34(30)23-28)35-36-20-21-38(35)25-10-3-2-4-11-25/h2-23H,1H3. The van der Waals surface area contributed by atoms with Crippen molar-refractivity contribution in [2.75, 3.05) is 0 Å². The van der Waals surface area contributed by atoms with E-state index in [1.54, 1.807) is 0 Å². The lowest BCUT2D eigenvalue weighted by Gasteiger charge is -2.12. The van der Waals surface area contributed by atoms with Gasteiger partial charge in [0, 0.05) is 34.9 Å². The Morgan fingerprint density at radius 1 is 0.659 bits per heavy atom. The maximum absolute atomic E-state index is 6.48. The summed E-state index contributed by atoms with van der Waals surface area (Å²) in [5, 5.41) is 2.31. The summed E-state index contributed by atoms with van der Waals surface area (Å²) in [7, 11) is 2.01. The number of benzene rings is 5. The molecule has 5 aromatic carbocycles. The minimum atomic E-state index is 0.753. The molecule has 0 unspecified atom stereocenters. The third-order valence-electron chi connectivity index (χ3n) is 7.55. The molecule has 0 atom stereocenters. The minimum Gasteiger partial charge on any atom is -0.458 e. The van der Waals surface area contributed by atoms with E-state index in [9.17, 15) is 0 Å². The van der Waals surface area contributed by atoms with Crippen molar-refractivity contribution in [3.8, 4) is 28.8 Å². The number of hydrogen-bond acceptors (Lipinski definition) is 2. The summed E-state index contributed by atoms with van der Waals surface area (Å²) in [6.45, 7) is 0. The van der Waals surface area contributed by atoms with E-state index in [0.29, 0.717) is 0 Å². The van der Waals surface area contributed by atoms with Crippen LogP contribution in [0.25, 0.3) is 50.2 Å². The van der Waals surface area contributed by atoms with Crippen LogP contribution in [0.1, 0.15) is 0 Å². The van der Waals surface area contributed by atoms with Gasteiger partial charge in [-0.2, -0.15) is 0 Å². The molecule has 0 saturated carbocycles. The molecule has 8 rings (SSSR count). The van der Waals surface area contributed by atoms with Crippen molar-refractivity contribution < 1.29 is 9.30 Å². The highest BCUT2D eigenvalue weighted by molar-refractivity contribution is 6.09. The smallest absolute Gasteiger partial charge is 0.244 e. The number of nitrogens with zero attached hydrogens (tertiary/aromatic N) is 5. The molecule has 3 heterocycles. The van der Waals surface area contributed by atoms with E-state index in [-0.39, 0.29) is 0 Å². The van der Waals surface area contributed by atoms with Gasteiger partial charge in [0.25, 0.3) is 0 Å². The van der Waals surface area contributed by atoms with Gasteiger partial charge in [0.15, 0.2) is 0 Å². The normalized spacial score (nSPS) is 11.5. The summed E-state index contributed by atoms with van der Waals surface area (Å²) >= 11 is 0. The Balaban J connectivity index is 1.24. The second-order valence-electron chi connectivity index (χ2n) is 10.0. The van der Waals surface area contributed by atoms with Crippen molar-refractivity contribution in [3.05, 3.63) is 140 Å². The van der Waals surface area contributed by atoms with Gasteiger partial charge < -0.3 is 13.9 Å². The fourth-order valence-corrected chi connectivity index (χ4v) is 5.69. The average Bonchev–Trinajstić information content (AvgIpc) is 3.72. The lowest BCUT2D eigenvalue weighted by Crippen LogP contribution is -2.26. The molecule has 0 aliphatic heterocycles. The summed E-state index contributed by atoms with van der Waals surface area (Å²) < 4.78 is 14.9. The predicted octanol–water partition coefficient (Wildman–Crippen LogP) is 7.33. The Kier molecular flexibility index (Phi) is 5.25. The number of rotatable bonds is 5. The third-order valence-corrected chi connectivity index (χ3v) is 7.55. The summed E-state index contributed by atoms with van der Waals surface area (Å²) in [6, 6.07) is 41.4. The van der Waals surface area contributed by atoms with E-state index >= 15 is 0 Å². The van der Waals surface area contributed by atoms with Crippen molar-refractivity contribution in [3.63, 3.8) is 0 Å². The number of imidazole rings is 2. The summed E-state index contributed by atoms with van der Waals surface area (Å²) in [5.74, 6) is 2.33. The van der Waals surface area contributed by atoms with Crippen LogP contribution in [0.5, 0.6) is 11.5 Å². The van der Waals surface area contributed by atoms with E-state index in [4.69, 9.17) is 9.72 Å². The van der Waals surface area contributed by atoms with Crippen molar-refractivity contribution in [2.24, 2.45) is 7.05 Å². The van der Waals surface area contributed by atoms with Gasteiger partial charge >= 0.3 is 0 Å². The zero-order chi connectivity index (χ0) is 27.3. The summed E-state index contributed by atoms with van der Waals surface area (Å²) in [6.07, 6.45) is 7.25. The fraction of sp³-hybridized carbons (Fsp3) is 0.0286. The monoisotopic (exact) mass is 531 g/mol. The van der Waals surface area contributed by atoms with Crippen LogP contribution in [-0.2, 0) is 7.05 Å². The Morgan fingerprint density at radius 3 is 2.29 bits per heavy atom. The van der Waals surface area contributed by atoms with Gasteiger partial charge in [-0.3, -0.25) is 9.13 Å². The largest absolute Gasteiger partial charge is 0.458 e.